The second kappa shape index (κ2) is 8.70. The van der Waals surface area contributed by atoms with Gasteiger partial charge in [0.1, 0.15) is 17.0 Å². The highest BCUT2D eigenvalue weighted by atomic mass is 32.1. The Labute approximate surface area is 181 Å². The third kappa shape index (κ3) is 4.18. The molecule has 0 aliphatic carbocycles. The highest BCUT2D eigenvalue weighted by Crippen LogP contribution is 2.35. The molecule has 0 radical (unpaired) electrons. The minimum Gasteiger partial charge on any atom is -0.387 e. The highest BCUT2D eigenvalue weighted by Gasteiger charge is 2.27. The lowest BCUT2D eigenvalue weighted by molar-refractivity contribution is -0.126. The van der Waals surface area contributed by atoms with Gasteiger partial charge in [-0.15, -0.1) is 11.3 Å². The van der Waals surface area contributed by atoms with Crippen LogP contribution in [0.25, 0.3) is 10.2 Å². The first kappa shape index (κ1) is 20.8. The minimum atomic E-state index is -0.686. The Hall–Kier alpha value is -2.51. The number of thiophene rings is 1. The van der Waals surface area contributed by atoms with E-state index in [1.807, 2.05) is 31.2 Å². The second-order valence-corrected chi connectivity index (χ2v) is 9.30. The Morgan fingerprint density at radius 1 is 1.20 bits per heavy atom. The number of aliphatic hydroxyl groups excluding tert-OH is 1. The van der Waals surface area contributed by atoms with Gasteiger partial charge in [-0.2, -0.15) is 0 Å². The summed E-state index contributed by atoms with van der Waals surface area (Å²) in [4.78, 5) is 26.2. The molecule has 7 heteroatoms. The maximum atomic E-state index is 12.6. The number of aryl methyl sites for hydroxylation is 3. The normalized spacial score (nSPS) is 16.1. The Balaban J connectivity index is 1.34. The molecule has 1 amide bonds. The number of carbonyl (C=O) groups is 1. The molecule has 1 aromatic carbocycles. The molecule has 1 aliphatic heterocycles. The number of nitrogens with one attached hydrogen (secondary N) is 1. The molecule has 30 heavy (non-hydrogen) atoms. The number of aliphatic hydroxyl groups is 1. The highest BCUT2D eigenvalue weighted by molar-refractivity contribution is 7.18. The zero-order valence-corrected chi connectivity index (χ0v) is 18.5. The quantitative estimate of drug-likeness (QED) is 0.653. The molecule has 158 valence electrons. The maximum Gasteiger partial charge on any atom is 0.223 e. The van der Waals surface area contributed by atoms with Crippen LogP contribution >= 0.6 is 11.3 Å². The van der Waals surface area contributed by atoms with E-state index in [9.17, 15) is 9.90 Å². The number of hydrogen-bond acceptors (Lipinski definition) is 6. The van der Waals surface area contributed by atoms with Crippen molar-refractivity contribution in [2.24, 2.45) is 5.92 Å². The van der Waals surface area contributed by atoms with Gasteiger partial charge in [0.25, 0.3) is 0 Å². The van der Waals surface area contributed by atoms with Crippen LogP contribution in [0.1, 0.15) is 40.5 Å². The summed E-state index contributed by atoms with van der Waals surface area (Å²) >= 11 is 1.70. The molecule has 2 aromatic heterocycles. The molecule has 6 nitrogen and oxygen atoms in total. The summed E-state index contributed by atoms with van der Waals surface area (Å²) in [6.07, 6.45) is 2.51. The standard InChI is InChI=1S/C23H28N4O2S/c1-14-4-6-17(7-5-14)19(28)12-24-22(29)18-8-10-27(11-9-18)21-20-15(2)16(3)30-23(20)26-13-25-21/h4-7,13,18-19,28H,8-12H2,1-3H3,(H,24,29). The van der Waals surface area contributed by atoms with Crippen molar-refractivity contribution in [1.29, 1.82) is 0 Å². The molecule has 0 bridgehead atoms. The average Bonchev–Trinajstić information content (AvgIpc) is 3.06. The molecule has 0 saturated carbocycles. The van der Waals surface area contributed by atoms with E-state index in [4.69, 9.17) is 0 Å². The second-order valence-electron chi connectivity index (χ2n) is 8.09. The van der Waals surface area contributed by atoms with Crippen LogP contribution in [-0.2, 0) is 4.79 Å². The fourth-order valence-corrected chi connectivity index (χ4v) is 5.00. The molecular weight excluding hydrogens is 396 g/mol. The molecule has 1 unspecified atom stereocenters. The predicted molar refractivity (Wildman–Crippen MR) is 121 cm³/mol. The SMILES string of the molecule is Cc1ccc(C(O)CNC(=O)C2CCN(c3ncnc4sc(C)c(C)c34)CC2)cc1. The van der Waals surface area contributed by atoms with Gasteiger partial charge in [0, 0.05) is 30.4 Å². The molecule has 1 fully saturated rings. The van der Waals surface area contributed by atoms with Gasteiger partial charge >= 0.3 is 0 Å². The lowest BCUT2D eigenvalue weighted by Crippen LogP contribution is -2.41. The van der Waals surface area contributed by atoms with Gasteiger partial charge in [0.2, 0.25) is 5.91 Å². The van der Waals surface area contributed by atoms with E-state index in [1.165, 1.54) is 10.4 Å². The Morgan fingerprint density at radius 2 is 1.90 bits per heavy atom. The number of nitrogens with zero attached hydrogens (tertiary/aromatic N) is 3. The third-order valence-electron chi connectivity index (χ3n) is 6.04. The number of carbonyl (C=O) groups excluding carboxylic acids is 1. The summed E-state index contributed by atoms with van der Waals surface area (Å²) in [7, 11) is 0. The van der Waals surface area contributed by atoms with E-state index in [-0.39, 0.29) is 18.4 Å². The van der Waals surface area contributed by atoms with Crippen LogP contribution in [0.4, 0.5) is 5.82 Å². The summed E-state index contributed by atoms with van der Waals surface area (Å²) in [5.41, 5.74) is 3.22. The number of anilines is 1. The fourth-order valence-electron chi connectivity index (χ4n) is 4.01. The first-order chi connectivity index (χ1) is 14.4. The van der Waals surface area contributed by atoms with Gasteiger partial charge in [-0.25, -0.2) is 9.97 Å². The van der Waals surface area contributed by atoms with Crippen molar-refractivity contribution in [3.8, 4) is 0 Å². The molecule has 0 spiro atoms. The molecule has 3 aromatic rings. The Kier molecular flexibility index (Phi) is 6.01. The lowest BCUT2D eigenvalue weighted by atomic mass is 9.95. The Bertz CT molecular complexity index is 1040. The van der Waals surface area contributed by atoms with E-state index in [0.29, 0.717) is 0 Å². The van der Waals surface area contributed by atoms with Crippen molar-refractivity contribution in [3.05, 3.63) is 52.2 Å². The smallest absolute Gasteiger partial charge is 0.223 e. The minimum absolute atomic E-state index is 0.0243. The summed E-state index contributed by atoms with van der Waals surface area (Å²) in [6.45, 7) is 8.07. The van der Waals surface area contributed by atoms with Gasteiger partial charge in [0.15, 0.2) is 0 Å². The first-order valence-electron chi connectivity index (χ1n) is 10.4. The van der Waals surface area contributed by atoms with Crippen molar-refractivity contribution in [2.75, 3.05) is 24.5 Å². The van der Waals surface area contributed by atoms with Gasteiger partial charge in [-0.3, -0.25) is 4.79 Å². The van der Waals surface area contributed by atoms with Crippen LogP contribution < -0.4 is 10.2 Å². The van der Waals surface area contributed by atoms with Crippen molar-refractivity contribution in [1.82, 2.24) is 15.3 Å². The largest absolute Gasteiger partial charge is 0.387 e. The fraction of sp³-hybridized carbons (Fsp3) is 0.435. The van der Waals surface area contributed by atoms with E-state index >= 15 is 0 Å². The van der Waals surface area contributed by atoms with E-state index < -0.39 is 6.10 Å². The van der Waals surface area contributed by atoms with Crippen LogP contribution in [0, 0.1) is 26.7 Å². The van der Waals surface area contributed by atoms with Crippen molar-refractivity contribution < 1.29 is 9.90 Å². The monoisotopic (exact) mass is 424 g/mol. The summed E-state index contributed by atoms with van der Waals surface area (Å²) in [5.74, 6) is 0.973. The van der Waals surface area contributed by atoms with Gasteiger partial charge in [0.05, 0.1) is 11.5 Å². The summed E-state index contributed by atoms with van der Waals surface area (Å²) < 4.78 is 0. The molecule has 1 saturated heterocycles. The van der Waals surface area contributed by atoms with E-state index in [2.05, 4.69) is 34.0 Å². The molecule has 2 N–H and O–H groups in total. The number of rotatable bonds is 5. The molecular formula is C23H28N4O2S. The topological polar surface area (TPSA) is 78.4 Å². The number of amides is 1. The number of hydrogen-bond donors (Lipinski definition) is 2. The number of fused-ring (bicyclic) bond motifs is 1. The molecule has 4 rings (SSSR count). The van der Waals surface area contributed by atoms with E-state index in [0.717, 1.165) is 53.1 Å². The summed E-state index contributed by atoms with van der Waals surface area (Å²) in [5, 5.41) is 14.4. The lowest BCUT2D eigenvalue weighted by Gasteiger charge is -2.32. The first-order valence-corrected chi connectivity index (χ1v) is 11.2. The molecule has 1 atom stereocenters. The van der Waals surface area contributed by atoms with Gasteiger partial charge in [-0.1, -0.05) is 29.8 Å². The van der Waals surface area contributed by atoms with Crippen molar-refractivity contribution in [2.45, 2.75) is 39.7 Å². The number of aromatic nitrogens is 2. The van der Waals surface area contributed by atoms with Gasteiger partial charge < -0.3 is 15.3 Å². The zero-order chi connectivity index (χ0) is 21.3. The zero-order valence-electron chi connectivity index (χ0n) is 17.7. The van der Waals surface area contributed by atoms with Crippen LogP contribution in [0.3, 0.4) is 0 Å². The maximum absolute atomic E-state index is 12.6. The average molecular weight is 425 g/mol. The third-order valence-corrected chi connectivity index (χ3v) is 7.16. The van der Waals surface area contributed by atoms with Crippen LogP contribution in [0.15, 0.2) is 30.6 Å². The Morgan fingerprint density at radius 3 is 2.60 bits per heavy atom. The van der Waals surface area contributed by atoms with Crippen LogP contribution in [-0.4, -0.2) is 40.6 Å². The van der Waals surface area contributed by atoms with Crippen molar-refractivity contribution in [3.63, 3.8) is 0 Å². The number of benzene rings is 1. The molecule has 1 aliphatic rings. The predicted octanol–water partition coefficient (Wildman–Crippen LogP) is 3.68. The van der Waals surface area contributed by atoms with E-state index in [1.54, 1.807) is 17.7 Å². The van der Waals surface area contributed by atoms with Crippen LogP contribution in [0.2, 0.25) is 0 Å². The number of piperidine rings is 1. The molecule has 3 heterocycles. The van der Waals surface area contributed by atoms with Crippen LogP contribution in [0.5, 0.6) is 0 Å². The van der Waals surface area contributed by atoms with Crippen molar-refractivity contribution >= 4 is 33.3 Å². The summed E-state index contributed by atoms with van der Waals surface area (Å²) in [6, 6.07) is 7.75. The van der Waals surface area contributed by atoms with Gasteiger partial charge in [-0.05, 0) is 44.7 Å².